The van der Waals surface area contributed by atoms with E-state index < -0.39 is 0 Å². The second kappa shape index (κ2) is 9.42. The minimum absolute atomic E-state index is 0.116. The fourth-order valence-electron chi connectivity index (χ4n) is 4.82. The minimum atomic E-state index is -0.310. The molecule has 0 atom stereocenters. The second-order valence-corrected chi connectivity index (χ2v) is 14.4. The molecule has 0 amide bonds. The number of Topliss-reactive ketones (excluding diaryl/α,β-unsaturated/α-hetero) is 1. The third-order valence-electron chi connectivity index (χ3n) is 6.96. The lowest BCUT2D eigenvalue weighted by molar-refractivity contribution is -0.114. The standard InChI is InChI=1S/C34H45NO2/c1-31(2,3)24-16-22(17-25(29(24)36)32(4,5)6)28(21-14-13-15-35-20-21)23-18-26(33(7,8)9)30(37)27(19-23)34(10,11)12/h13-20,36H,1-12H3. The molecule has 1 aliphatic carbocycles. The topological polar surface area (TPSA) is 50.2 Å². The lowest BCUT2D eigenvalue weighted by Gasteiger charge is -2.32. The van der Waals surface area contributed by atoms with Crippen molar-refractivity contribution in [2.45, 2.75) is 93.9 Å². The van der Waals surface area contributed by atoms with Gasteiger partial charge in [-0.15, -0.1) is 0 Å². The van der Waals surface area contributed by atoms with Gasteiger partial charge in [0.05, 0.1) is 0 Å². The minimum Gasteiger partial charge on any atom is -0.507 e. The molecule has 0 fully saturated rings. The van der Waals surface area contributed by atoms with Crippen LogP contribution < -0.4 is 0 Å². The number of phenols is 1. The zero-order valence-corrected chi connectivity index (χ0v) is 24.9. The quantitative estimate of drug-likeness (QED) is 0.449. The third-order valence-corrected chi connectivity index (χ3v) is 6.96. The van der Waals surface area contributed by atoms with E-state index in [9.17, 15) is 9.90 Å². The SMILES string of the molecule is CC(C)(C)C1=CC(=C(c2cccnc2)c2cc(C(C)(C)C)c(O)c(C(C)(C)C)c2)C=C(C(C)(C)C)C1=O. The molecule has 1 aromatic heterocycles. The number of allylic oxidation sites excluding steroid dienone is 5. The summed E-state index contributed by atoms with van der Waals surface area (Å²) >= 11 is 0. The Labute approximate surface area is 224 Å². The van der Waals surface area contributed by atoms with E-state index in [4.69, 9.17) is 0 Å². The summed E-state index contributed by atoms with van der Waals surface area (Å²) in [5, 5.41) is 11.4. The van der Waals surface area contributed by atoms with Gasteiger partial charge in [-0.05, 0) is 68.7 Å². The number of nitrogens with zero attached hydrogens (tertiary/aromatic N) is 1. The summed E-state index contributed by atoms with van der Waals surface area (Å²) in [6.45, 7) is 25.4. The fraction of sp³-hybridized carbons (Fsp3) is 0.471. The van der Waals surface area contributed by atoms with Crippen LogP contribution in [0.1, 0.15) is 105 Å². The maximum Gasteiger partial charge on any atom is 0.186 e. The normalized spacial score (nSPS) is 15.5. The summed E-state index contributed by atoms with van der Waals surface area (Å²) in [4.78, 5) is 18.1. The molecular formula is C34H45NO2. The number of pyridine rings is 1. The first-order chi connectivity index (χ1) is 16.7. The van der Waals surface area contributed by atoms with Gasteiger partial charge in [-0.2, -0.15) is 0 Å². The molecule has 3 rings (SSSR count). The van der Waals surface area contributed by atoms with Gasteiger partial charge in [0.1, 0.15) is 5.75 Å². The van der Waals surface area contributed by atoms with Crippen LogP contribution in [0.5, 0.6) is 5.75 Å². The molecule has 1 aliphatic rings. The van der Waals surface area contributed by atoms with E-state index in [1.807, 2.05) is 12.3 Å². The molecule has 0 unspecified atom stereocenters. The van der Waals surface area contributed by atoms with Gasteiger partial charge in [0.15, 0.2) is 5.78 Å². The number of carbonyl (C=O) groups excluding carboxylic acids is 1. The fourth-order valence-corrected chi connectivity index (χ4v) is 4.82. The number of hydrogen-bond donors (Lipinski definition) is 1. The summed E-state index contributed by atoms with van der Waals surface area (Å²) < 4.78 is 0. The molecule has 1 N–H and O–H groups in total. The summed E-state index contributed by atoms with van der Waals surface area (Å²) in [6, 6.07) is 8.25. The van der Waals surface area contributed by atoms with Crippen LogP contribution in [-0.4, -0.2) is 15.9 Å². The maximum absolute atomic E-state index is 13.7. The lowest BCUT2D eigenvalue weighted by atomic mass is 9.70. The Morgan fingerprint density at radius 2 is 1.16 bits per heavy atom. The number of carbonyl (C=O) groups is 1. The van der Waals surface area contributed by atoms with Crippen LogP contribution in [-0.2, 0) is 15.6 Å². The highest BCUT2D eigenvalue weighted by Gasteiger charge is 2.35. The highest BCUT2D eigenvalue weighted by molar-refractivity contribution is 6.12. The first-order valence-electron chi connectivity index (χ1n) is 13.2. The van der Waals surface area contributed by atoms with Crippen LogP contribution in [0, 0.1) is 10.8 Å². The van der Waals surface area contributed by atoms with Crippen molar-refractivity contribution in [2.75, 3.05) is 0 Å². The summed E-state index contributed by atoms with van der Waals surface area (Å²) in [5.74, 6) is 0.473. The van der Waals surface area contributed by atoms with Gasteiger partial charge in [0.25, 0.3) is 0 Å². The molecule has 0 saturated carbocycles. The van der Waals surface area contributed by atoms with Crippen molar-refractivity contribution >= 4 is 11.4 Å². The summed E-state index contributed by atoms with van der Waals surface area (Å²) in [6.07, 6.45) is 7.80. The summed E-state index contributed by atoms with van der Waals surface area (Å²) in [5.41, 5.74) is 6.29. The van der Waals surface area contributed by atoms with Gasteiger partial charge in [-0.25, -0.2) is 0 Å². The largest absolute Gasteiger partial charge is 0.507 e. The Kier molecular flexibility index (Phi) is 7.29. The van der Waals surface area contributed by atoms with E-state index in [1.54, 1.807) is 6.20 Å². The monoisotopic (exact) mass is 499 g/mol. The Morgan fingerprint density at radius 1 is 0.703 bits per heavy atom. The van der Waals surface area contributed by atoms with E-state index in [1.165, 1.54) is 0 Å². The van der Waals surface area contributed by atoms with E-state index in [2.05, 4.69) is 118 Å². The van der Waals surface area contributed by atoms with Crippen molar-refractivity contribution in [3.63, 3.8) is 0 Å². The average molecular weight is 500 g/mol. The highest BCUT2D eigenvalue weighted by Crippen LogP contribution is 2.45. The molecule has 0 saturated heterocycles. The zero-order chi connectivity index (χ0) is 28.1. The Hall–Kier alpha value is -2.94. The molecular weight excluding hydrogens is 454 g/mol. The van der Waals surface area contributed by atoms with Crippen LogP contribution in [0.15, 0.2) is 65.5 Å². The van der Waals surface area contributed by atoms with Crippen LogP contribution in [0.2, 0.25) is 0 Å². The number of hydrogen-bond acceptors (Lipinski definition) is 3. The van der Waals surface area contributed by atoms with Crippen molar-refractivity contribution in [3.05, 3.63) is 87.8 Å². The third kappa shape index (κ3) is 5.98. The number of rotatable bonds is 2. The van der Waals surface area contributed by atoms with E-state index in [-0.39, 0.29) is 27.4 Å². The van der Waals surface area contributed by atoms with E-state index in [0.717, 1.165) is 44.5 Å². The van der Waals surface area contributed by atoms with Crippen LogP contribution in [0.4, 0.5) is 0 Å². The van der Waals surface area contributed by atoms with Gasteiger partial charge in [-0.1, -0.05) is 89.2 Å². The zero-order valence-electron chi connectivity index (χ0n) is 24.9. The Bertz CT molecular complexity index is 1220. The van der Waals surface area contributed by atoms with Gasteiger partial charge in [0.2, 0.25) is 0 Å². The molecule has 0 bridgehead atoms. The number of aromatic hydroxyl groups is 1. The average Bonchev–Trinajstić information content (AvgIpc) is 2.73. The number of ketones is 1. The predicted molar refractivity (Wildman–Crippen MR) is 156 cm³/mol. The van der Waals surface area contributed by atoms with Crippen molar-refractivity contribution in [1.29, 1.82) is 0 Å². The molecule has 3 heteroatoms. The molecule has 1 heterocycles. The summed E-state index contributed by atoms with van der Waals surface area (Å²) in [7, 11) is 0. The van der Waals surface area contributed by atoms with E-state index >= 15 is 0 Å². The number of aromatic nitrogens is 1. The van der Waals surface area contributed by atoms with Crippen molar-refractivity contribution < 1.29 is 9.90 Å². The van der Waals surface area contributed by atoms with Crippen LogP contribution in [0.3, 0.4) is 0 Å². The van der Waals surface area contributed by atoms with Gasteiger partial charge < -0.3 is 5.11 Å². The number of phenolic OH excluding ortho intramolecular Hbond substituents is 1. The molecule has 37 heavy (non-hydrogen) atoms. The Morgan fingerprint density at radius 3 is 1.51 bits per heavy atom. The lowest BCUT2D eigenvalue weighted by Crippen LogP contribution is -2.28. The maximum atomic E-state index is 13.7. The second-order valence-electron chi connectivity index (χ2n) is 14.4. The van der Waals surface area contributed by atoms with Gasteiger partial charge in [-0.3, -0.25) is 9.78 Å². The Balaban J connectivity index is 2.56. The number of benzene rings is 1. The first-order valence-corrected chi connectivity index (χ1v) is 13.2. The van der Waals surface area contributed by atoms with Crippen LogP contribution in [0.25, 0.3) is 5.57 Å². The molecule has 0 spiro atoms. The van der Waals surface area contributed by atoms with Gasteiger partial charge in [0, 0.05) is 40.2 Å². The predicted octanol–water partition coefficient (Wildman–Crippen LogP) is 8.71. The molecule has 3 nitrogen and oxygen atoms in total. The molecule has 198 valence electrons. The van der Waals surface area contributed by atoms with Crippen molar-refractivity contribution in [1.82, 2.24) is 4.98 Å². The highest BCUT2D eigenvalue weighted by atomic mass is 16.3. The molecule has 0 aliphatic heterocycles. The molecule has 2 aromatic rings. The van der Waals surface area contributed by atoms with Crippen molar-refractivity contribution in [2.24, 2.45) is 10.8 Å². The molecule has 1 aromatic carbocycles. The molecule has 0 radical (unpaired) electrons. The smallest absolute Gasteiger partial charge is 0.186 e. The van der Waals surface area contributed by atoms with Gasteiger partial charge >= 0.3 is 0 Å². The first kappa shape index (κ1) is 28.6. The van der Waals surface area contributed by atoms with E-state index in [0.29, 0.717) is 5.75 Å². The van der Waals surface area contributed by atoms with Crippen LogP contribution >= 0.6 is 0 Å². The van der Waals surface area contributed by atoms with Crippen molar-refractivity contribution in [3.8, 4) is 5.75 Å².